The highest BCUT2D eigenvalue weighted by atomic mass is 32.2. The molecule has 1 rings (SSSR count). The summed E-state index contributed by atoms with van der Waals surface area (Å²) in [5.74, 6) is 0.161. The first-order valence-corrected chi connectivity index (χ1v) is 8.20. The molecule has 6 heteroatoms. The minimum atomic E-state index is -0.946. The van der Waals surface area contributed by atoms with Gasteiger partial charge in [-0.05, 0) is 56.6 Å². The summed E-state index contributed by atoms with van der Waals surface area (Å²) in [4.78, 5) is 23.1. The molecule has 0 aliphatic heterocycles. The normalized spacial score (nSPS) is 24.7. The van der Waals surface area contributed by atoms with Crippen molar-refractivity contribution in [2.75, 3.05) is 18.6 Å². The van der Waals surface area contributed by atoms with Crippen molar-refractivity contribution in [3.63, 3.8) is 0 Å². The van der Waals surface area contributed by atoms with Gasteiger partial charge in [-0.3, -0.25) is 4.79 Å². The second kappa shape index (κ2) is 8.43. The SMILES string of the molecule is CSCC[C@H](NC(=O)C1CCC(CN)CC1)C(=O)O. The Morgan fingerprint density at radius 3 is 2.47 bits per heavy atom. The Morgan fingerprint density at radius 2 is 2.00 bits per heavy atom. The Hall–Kier alpha value is -0.750. The number of nitrogens with two attached hydrogens (primary N) is 1. The Kier molecular flexibility index (Phi) is 7.23. The molecule has 0 radical (unpaired) electrons. The Labute approximate surface area is 118 Å². The highest BCUT2D eigenvalue weighted by Gasteiger charge is 2.28. The zero-order chi connectivity index (χ0) is 14.3. The number of thioether (sulfide) groups is 1. The zero-order valence-corrected chi connectivity index (χ0v) is 12.2. The number of carbonyl (C=O) groups excluding carboxylic acids is 1. The van der Waals surface area contributed by atoms with E-state index in [1.165, 1.54) is 0 Å². The quantitative estimate of drug-likeness (QED) is 0.652. The van der Waals surface area contributed by atoms with Crippen LogP contribution in [0.5, 0.6) is 0 Å². The maximum atomic E-state index is 12.1. The molecule has 0 saturated heterocycles. The van der Waals surface area contributed by atoms with Crippen LogP contribution in [0, 0.1) is 11.8 Å². The summed E-state index contributed by atoms with van der Waals surface area (Å²) >= 11 is 1.58. The molecule has 0 unspecified atom stereocenters. The summed E-state index contributed by atoms with van der Waals surface area (Å²) in [6.07, 6.45) is 5.98. The van der Waals surface area contributed by atoms with E-state index in [2.05, 4.69) is 5.32 Å². The van der Waals surface area contributed by atoms with Crippen LogP contribution in [0.4, 0.5) is 0 Å². The van der Waals surface area contributed by atoms with Gasteiger partial charge in [-0.25, -0.2) is 4.79 Å². The van der Waals surface area contributed by atoms with Gasteiger partial charge in [-0.15, -0.1) is 0 Å². The molecule has 1 saturated carbocycles. The Bertz CT molecular complexity index is 304. The van der Waals surface area contributed by atoms with Gasteiger partial charge >= 0.3 is 5.97 Å². The topological polar surface area (TPSA) is 92.4 Å². The van der Waals surface area contributed by atoms with Crippen LogP contribution in [0.2, 0.25) is 0 Å². The average Bonchev–Trinajstić information content (AvgIpc) is 2.43. The van der Waals surface area contributed by atoms with E-state index in [4.69, 9.17) is 10.8 Å². The predicted octanol–water partition coefficient (Wildman–Crippen LogP) is 1.07. The summed E-state index contributed by atoms with van der Waals surface area (Å²) in [6.45, 7) is 0.680. The van der Waals surface area contributed by atoms with Crippen molar-refractivity contribution in [1.29, 1.82) is 0 Å². The maximum Gasteiger partial charge on any atom is 0.326 e. The van der Waals surface area contributed by atoms with E-state index in [9.17, 15) is 9.59 Å². The summed E-state index contributed by atoms with van der Waals surface area (Å²) in [5, 5.41) is 11.8. The third-order valence-electron chi connectivity index (χ3n) is 3.78. The lowest BCUT2D eigenvalue weighted by molar-refractivity contribution is -0.142. The average molecular weight is 288 g/mol. The van der Waals surface area contributed by atoms with Crippen molar-refractivity contribution < 1.29 is 14.7 Å². The van der Waals surface area contributed by atoms with Crippen molar-refractivity contribution in [3.05, 3.63) is 0 Å². The summed E-state index contributed by atoms with van der Waals surface area (Å²) < 4.78 is 0. The fourth-order valence-corrected chi connectivity index (χ4v) is 2.91. The molecule has 5 nitrogen and oxygen atoms in total. The fourth-order valence-electron chi connectivity index (χ4n) is 2.44. The first kappa shape index (κ1) is 16.3. The van der Waals surface area contributed by atoms with Crippen molar-refractivity contribution in [3.8, 4) is 0 Å². The number of aliphatic carboxylic acids is 1. The molecule has 4 N–H and O–H groups in total. The Morgan fingerprint density at radius 1 is 1.37 bits per heavy atom. The number of amides is 1. The van der Waals surface area contributed by atoms with E-state index in [1.54, 1.807) is 11.8 Å². The predicted molar refractivity (Wildman–Crippen MR) is 77.1 cm³/mol. The molecule has 0 aromatic heterocycles. The maximum absolute atomic E-state index is 12.1. The van der Waals surface area contributed by atoms with Gasteiger partial charge in [-0.2, -0.15) is 11.8 Å². The zero-order valence-electron chi connectivity index (χ0n) is 11.4. The molecular weight excluding hydrogens is 264 g/mol. The van der Waals surface area contributed by atoms with Gasteiger partial charge < -0.3 is 16.2 Å². The van der Waals surface area contributed by atoms with Crippen LogP contribution in [-0.4, -0.2) is 41.6 Å². The molecule has 0 aromatic carbocycles. The van der Waals surface area contributed by atoms with Gasteiger partial charge in [0.1, 0.15) is 6.04 Å². The van der Waals surface area contributed by atoms with Gasteiger partial charge in [0, 0.05) is 5.92 Å². The first-order chi connectivity index (χ1) is 9.08. The van der Waals surface area contributed by atoms with Crippen LogP contribution in [-0.2, 0) is 9.59 Å². The summed E-state index contributed by atoms with van der Waals surface area (Å²) in [5.41, 5.74) is 5.62. The van der Waals surface area contributed by atoms with Gasteiger partial charge in [0.15, 0.2) is 0 Å². The van der Waals surface area contributed by atoms with Crippen LogP contribution < -0.4 is 11.1 Å². The molecule has 0 bridgehead atoms. The molecule has 19 heavy (non-hydrogen) atoms. The molecule has 1 aliphatic carbocycles. The third kappa shape index (κ3) is 5.40. The fraction of sp³-hybridized carbons (Fsp3) is 0.846. The van der Waals surface area contributed by atoms with Gasteiger partial charge in [0.05, 0.1) is 0 Å². The lowest BCUT2D eigenvalue weighted by atomic mass is 9.81. The second-order valence-electron chi connectivity index (χ2n) is 5.13. The van der Waals surface area contributed by atoms with Crippen LogP contribution in [0.25, 0.3) is 0 Å². The van der Waals surface area contributed by atoms with Gasteiger partial charge in [-0.1, -0.05) is 0 Å². The van der Waals surface area contributed by atoms with E-state index in [0.29, 0.717) is 18.9 Å². The molecule has 1 aliphatic rings. The van der Waals surface area contributed by atoms with Crippen molar-refractivity contribution in [2.24, 2.45) is 17.6 Å². The van der Waals surface area contributed by atoms with Gasteiger partial charge in [0.25, 0.3) is 0 Å². The number of hydrogen-bond donors (Lipinski definition) is 3. The van der Waals surface area contributed by atoms with Crippen molar-refractivity contribution >= 4 is 23.6 Å². The molecule has 1 atom stereocenters. The van der Waals surface area contributed by atoms with Crippen molar-refractivity contribution in [1.82, 2.24) is 5.32 Å². The third-order valence-corrected chi connectivity index (χ3v) is 4.42. The minimum absolute atomic E-state index is 0.0427. The number of carboxylic acid groups (broad SMARTS) is 1. The number of hydrogen-bond acceptors (Lipinski definition) is 4. The highest BCUT2D eigenvalue weighted by Crippen LogP contribution is 2.28. The molecule has 110 valence electrons. The smallest absolute Gasteiger partial charge is 0.326 e. The van der Waals surface area contributed by atoms with Crippen molar-refractivity contribution in [2.45, 2.75) is 38.1 Å². The van der Waals surface area contributed by atoms with E-state index in [0.717, 1.165) is 31.4 Å². The first-order valence-electron chi connectivity index (χ1n) is 6.80. The standard InChI is InChI=1S/C13H24N2O3S/c1-19-7-6-11(13(17)18)15-12(16)10-4-2-9(8-14)3-5-10/h9-11H,2-8,14H2,1H3,(H,15,16)(H,17,18)/t9?,10?,11-/m0/s1. The van der Waals surface area contributed by atoms with Gasteiger partial charge in [0.2, 0.25) is 5.91 Å². The van der Waals surface area contributed by atoms with E-state index in [1.807, 2.05) is 6.26 Å². The largest absolute Gasteiger partial charge is 0.480 e. The van der Waals surface area contributed by atoms with E-state index in [-0.39, 0.29) is 11.8 Å². The van der Waals surface area contributed by atoms with E-state index >= 15 is 0 Å². The number of nitrogens with one attached hydrogen (secondary N) is 1. The lowest BCUT2D eigenvalue weighted by Crippen LogP contribution is -2.44. The van der Waals surface area contributed by atoms with Crippen LogP contribution in [0.15, 0.2) is 0 Å². The van der Waals surface area contributed by atoms with Crippen LogP contribution in [0.1, 0.15) is 32.1 Å². The monoisotopic (exact) mass is 288 g/mol. The second-order valence-corrected chi connectivity index (χ2v) is 6.12. The minimum Gasteiger partial charge on any atom is -0.480 e. The highest BCUT2D eigenvalue weighted by molar-refractivity contribution is 7.98. The lowest BCUT2D eigenvalue weighted by Gasteiger charge is -2.27. The summed E-state index contributed by atoms with van der Waals surface area (Å²) in [6, 6.07) is -0.757. The molecule has 1 fully saturated rings. The number of carbonyl (C=O) groups is 2. The molecule has 1 amide bonds. The summed E-state index contributed by atoms with van der Waals surface area (Å²) in [7, 11) is 0. The molecular formula is C13H24N2O3S. The molecule has 0 heterocycles. The molecule has 0 spiro atoms. The van der Waals surface area contributed by atoms with Crippen LogP contribution >= 0.6 is 11.8 Å². The number of carboxylic acids is 1. The van der Waals surface area contributed by atoms with E-state index < -0.39 is 12.0 Å². The van der Waals surface area contributed by atoms with Crippen LogP contribution in [0.3, 0.4) is 0 Å². The molecule has 0 aromatic rings. The Balaban J connectivity index is 2.42. The number of rotatable bonds is 7.